The minimum Gasteiger partial charge on any atom is -0.406 e. The molecule has 8 heteroatoms. The molecular weight excluding hydrogens is 395 g/mol. The summed E-state index contributed by atoms with van der Waals surface area (Å²) < 4.78 is 40.9. The molecule has 0 amide bonds. The van der Waals surface area contributed by atoms with Crippen molar-refractivity contribution in [1.82, 2.24) is 15.0 Å². The van der Waals surface area contributed by atoms with Crippen LogP contribution < -0.4 is 4.74 Å². The van der Waals surface area contributed by atoms with E-state index in [4.69, 9.17) is 0 Å². The van der Waals surface area contributed by atoms with Crippen LogP contribution in [0.15, 0.2) is 61.3 Å². The van der Waals surface area contributed by atoms with Gasteiger partial charge in [0.2, 0.25) is 0 Å². The maximum atomic E-state index is 12.3. The van der Waals surface area contributed by atoms with Crippen molar-refractivity contribution in [3.8, 4) is 16.9 Å². The molecule has 5 nitrogen and oxygen atoms in total. The number of hydrogen-bond acceptors (Lipinski definition) is 5. The quantitative estimate of drug-likeness (QED) is 0.604. The maximum Gasteiger partial charge on any atom is 0.573 e. The van der Waals surface area contributed by atoms with E-state index in [9.17, 15) is 18.3 Å². The summed E-state index contributed by atoms with van der Waals surface area (Å²) in [6.07, 6.45) is 2.05. The monoisotopic (exact) mass is 417 g/mol. The standard InChI is InChI=1S/C22H22F3N3O2/c1-4-20(2,3)21(29,17-12-26-14-27-13-17)19-10-7-16(11-28-19)15-5-8-18(9-6-15)30-22(23,24)25/h5-14,29H,4H2,1-3H3. The first-order valence-corrected chi connectivity index (χ1v) is 9.37. The summed E-state index contributed by atoms with van der Waals surface area (Å²) in [5.74, 6) is -0.293. The molecule has 0 aliphatic heterocycles. The van der Waals surface area contributed by atoms with Crippen LogP contribution in [0.5, 0.6) is 5.75 Å². The predicted octanol–water partition coefficient (Wildman–Crippen LogP) is 5.11. The number of alkyl halides is 3. The molecule has 0 aliphatic rings. The Morgan fingerprint density at radius 2 is 1.50 bits per heavy atom. The van der Waals surface area contributed by atoms with E-state index < -0.39 is 17.4 Å². The number of ether oxygens (including phenoxy) is 1. The molecular formula is C22H22F3N3O2. The average molecular weight is 417 g/mol. The third-order valence-electron chi connectivity index (χ3n) is 5.40. The van der Waals surface area contributed by atoms with E-state index in [1.807, 2.05) is 20.8 Å². The summed E-state index contributed by atoms with van der Waals surface area (Å²) >= 11 is 0. The van der Waals surface area contributed by atoms with E-state index in [2.05, 4.69) is 19.7 Å². The highest BCUT2D eigenvalue weighted by Crippen LogP contribution is 2.46. The van der Waals surface area contributed by atoms with Gasteiger partial charge in [0.25, 0.3) is 0 Å². The van der Waals surface area contributed by atoms with Gasteiger partial charge >= 0.3 is 6.36 Å². The number of rotatable bonds is 6. The summed E-state index contributed by atoms with van der Waals surface area (Å²) in [6, 6.07) is 9.00. The van der Waals surface area contributed by atoms with E-state index in [1.165, 1.54) is 30.6 Å². The summed E-state index contributed by atoms with van der Waals surface area (Å²) in [4.78, 5) is 12.5. The lowest BCUT2D eigenvalue weighted by Gasteiger charge is -2.41. The summed E-state index contributed by atoms with van der Waals surface area (Å²) in [6.45, 7) is 5.86. The smallest absolute Gasteiger partial charge is 0.406 e. The van der Waals surface area contributed by atoms with Gasteiger partial charge in [-0.3, -0.25) is 4.98 Å². The number of aromatic nitrogens is 3. The molecule has 0 radical (unpaired) electrons. The zero-order valence-corrected chi connectivity index (χ0v) is 16.8. The Hall–Kier alpha value is -3.00. The topological polar surface area (TPSA) is 68.1 Å². The van der Waals surface area contributed by atoms with Crippen LogP contribution >= 0.6 is 0 Å². The van der Waals surface area contributed by atoms with Crippen LogP contribution in [0.3, 0.4) is 0 Å². The first-order chi connectivity index (χ1) is 14.1. The van der Waals surface area contributed by atoms with E-state index >= 15 is 0 Å². The zero-order chi connectivity index (χ0) is 22.0. The summed E-state index contributed by atoms with van der Waals surface area (Å²) in [7, 11) is 0. The third kappa shape index (κ3) is 4.28. The molecule has 1 atom stereocenters. The fourth-order valence-corrected chi connectivity index (χ4v) is 3.25. The number of nitrogens with zero attached hydrogens (tertiary/aromatic N) is 3. The van der Waals surface area contributed by atoms with Gasteiger partial charge in [0.05, 0.1) is 5.69 Å². The van der Waals surface area contributed by atoms with Crippen molar-refractivity contribution in [2.45, 2.75) is 39.2 Å². The number of benzene rings is 1. The minimum atomic E-state index is -4.73. The molecule has 0 spiro atoms. The molecule has 0 aliphatic carbocycles. The Labute approximate surface area is 172 Å². The van der Waals surface area contributed by atoms with Crippen LogP contribution in [0.4, 0.5) is 13.2 Å². The molecule has 30 heavy (non-hydrogen) atoms. The van der Waals surface area contributed by atoms with E-state index in [1.54, 1.807) is 30.7 Å². The van der Waals surface area contributed by atoms with Crippen molar-refractivity contribution in [3.63, 3.8) is 0 Å². The van der Waals surface area contributed by atoms with Gasteiger partial charge in [-0.25, -0.2) is 9.97 Å². The van der Waals surface area contributed by atoms with Gasteiger partial charge in [-0.15, -0.1) is 13.2 Å². The molecule has 1 unspecified atom stereocenters. The maximum absolute atomic E-state index is 12.3. The fraction of sp³-hybridized carbons (Fsp3) is 0.318. The van der Waals surface area contributed by atoms with Crippen LogP contribution in [0.2, 0.25) is 0 Å². The molecule has 1 aromatic carbocycles. The molecule has 0 bridgehead atoms. The van der Waals surface area contributed by atoms with Gasteiger partial charge in [0, 0.05) is 35.1 Å². The minimum absolute atomic E-state index is 0.293. The SMILES string of the molecule is CCC(C)(C)C(O)(c1cncnc1)c1ccc(-c2ccc(OC(F)(F)F)cc2)cn1. The second-order valence-corrected chi connectivity index (χ2v) is 7.58. The molecule has 0 fully saturated rings. The van der Waals surface area contributed by atoms with E-state index in [0.717, 1.165) is 0 Å². The van der Waals surface area contributed by atoms with Crippen molar-refractivity contribution in [3.05, 3.63) is 72.6 Å². The van der Waals surface area contributed by atoms with Crippen molar-refractivity contribution < 1.29 is 23.0 Å². The third-order valence-corrected chi connectivity index (χ3v) is 5.40. The molecule has 3 aromatic rings. The summed E-state index contributed by atoms with van der Waals surface area (Å²) in [5.41, 5.74) is 0.341. The Bertz CT molecular complexity index is 975. The van der Waals surface area contributed by atoms with Gasteiger partial charge < -0.3 is 9.84 Å². The van der Waals surface area contributed by atoms with E-state index in [-0.39, 0.29) is 5.75 Å². The predicted molar refractivity (Wildman–Crippen MR) is 105 cm³/mol. The molecule has 2 heterocycles. The van der Waals surface area contributed by atoms with Crippen LogP contribution in [-0.2, 0) is 5.60 Å². The van der Waals surface area contributed by atoms with E-state index in [0.29, 0.717) is 28.8 Å². The van der Waals surface area contributed by atoms with Crippen molar-refractivity contribution in [2.24, 2.45) is 5.41 Å². The second kappa shape index (κ2) is 8.02. The molecule has 2 aromatic heterocycles. The Morgan fingerprint density at radius 3 is 2.00 bits per heavy atom. The molecule has 1 N–H and O–H groups in total. The Kier molecular flexibility index (Phi) is 5.81. The summed E-state index contributed by atoms with van der Waals surface area (Å²) in [5, 5.41) is 11.7. The molecule has 0 saturated heterocycles. The van der Waals surface area contributed by atoms with Crippen LogP contribution in [0.1, 0.15) is 38.4 Å². The lowest BCUT2D eigenvalue weighted by molar-refractivity contribution is -0.274. The highest BCUT2D eigenvalue weighted by Gasteiger charge is 2.47. The molecule has 158 valence electrons. The normalized spacial score (nSPS) is 14.2. The van der Waals surface area contributed by atoms with Gasteiger partial charge in [0.1, 0.15) is 17.7 Å². The van der Waals surface area contributed by atoms with Gasteiger partial charge in [-0.2, -0.15) is 0 Å². The Balaban J connectivity index is 1.95. The first-order valence-electron chi connectivity index (χ1n) is 9.37. The van der Waals surface area contributed by atoms with Gasteiger partial charge in [-0.05, 0) is 30.2 Å². The largest absolute Gasteiger partial charge is 0.573 e. The second-order valence-electron chi connectivity index (χ2n) is 7.58. The Morgan fingerprint density at radius 1 is 0.900 bits per heavy atom. The average Bonchev–Trinajstić information content (AvgIpc) is 2.73. The highest BCUT2D eigenvalue weighted by molar-refractivity contribution is 5.63. The fourth-order valence-electron chi connectivity index (χ4n) is 3.25. The van der Waals surface area contributed by atoms with Crippen molar-refractivity contribution in [2.75, 3.05) is 0 Å². The van der Waals surface area contributed by atoms with Gasteiger partial charge in [0.15, 0.2) is 0 Å². The number of aliphatic hydroxyl groups is 1. The van der Waals surface area contributed by atoms with Crippen LogP contribution in [-0.4, -0.2) is 26.4 Å². The van der Waals surface area contributed by atoms with Crippen molar-refractivity contribution >= 4 is 0 Å². The number of pyridine rings is 1. The van der Waals surface area contributed by atoms with Crippen LogP contribution in [0.25, 0.3) is 11.1 Å². The molecule has 0 saturated carbocycles. The lowest BCUT2D eigenvalue weighted by atomic mass is 9.68. The number of hydrogen-bond donors (Lipinski definition) is 1. The van der Waals surface area contributed by atoms with Crippen molar-refractivity contribution in [1.29, 1.82) is 0 Å². The zero-order valence-electron chi connectivity index (χ0n) is 16.8. The number of halogens is 3. The van der Waals surface area contributed by atoms with Crippen LogP contribution in [0, 0.1) is 5.41 Å². The highest BCUT2D eigenvalue weighted by atomic mass is 19.4. The molecule has 3 rings (SSSR count). The first kappa shape index (κ1) is 21.7. The van der Waals surface area contributed by atoms with Gasteiger partial charge in [-0.1, -0.05) is 39.0 Å². The lowest BCUT2D eigenvalue weighted by Crippen LogP contribution is -2.43.